The van der Waals surface area contributed by atoms with Crippen LogP contribution >= 0.6 is 0 Å². The summed E-state index contributed by atoms with van der Waals surface area (Å²) in [6.45, 7) is 6.53. The van der Waals surface area contributed by atoms with Crippen LogP contribution in [0.15, 0.2) is 53.6 Å². The van der Waals surface area contributed by atoms with Gasteiger partial charge in [-0.1, -0.05) is 24.3 Å². The minimum Gasteiger partial charge on any atom is -0.497 e. The van der Waals surface area contributed by atoms with Crippen molar-refractivity contribution in [1.29, 1.82) is 0 Å². The van der Waals surface area contributed by atoms with Gasteiger partial charge in [0.1, 0.15) is 5.75 Å². The van der Waals surface area contributed by atoms with E-state index in [1.165, 1.54) is 16.8 Å². The van der Waals surface area contributed by atoms with Crippen LogP contribution in [0.3, 0.4) is 0 Å². The summed E-state index contributed by atoms with van der Waals surface area (Å²) in [5.74, 6) is 0.616. The molecule has 1 amide bonds. The number of methoxy groups -OCH3 is 1. The first-order valence-corrected chi connectivity index (χ1v) is 9.33. The Balaban J connectivity index is 1.65. The number of nitrogens with zero attached hydrogens (tertiary/aromatic N) is 2. The highest BCUT2D eigenvalue weighted by Gasteiger charge is 2.28. The van der Waals surface area contributed by atoms with Crippen LogP contribution in [0, 0.1) is 0 Å². The van der Waals surface area contributed by atoms with Gasteiger partial charge in [-0.3, -0.25) is 4.79 Å². The van der Waals surface area contributed by atoms with Gasteiger partial charge in [0.2, 0.25) is 5.91 Å². The maximum Gasteiger partial charge on any atom is 0.244 e. The molecule has 3 rings (SSSR count). The van der Waals surface area contributed by atoms with Gasteiger partial charge < -0.3 is 9.64 Å². The number of carbonyl (C=O) groups is 1. The molecule has 0 aromatic heterocycles. The van der Waals surface area contributed by atoms with E-state index in [0.29, 0.717) is 0 Å². The monoisotopic (exact) mass is 377 g/mol. The Morgan fingerprint density at radius 2 is 1.93 bits per heavy atom. The summed E-state index contributed by atoms with van der Waals surface area (Å²) in [6.07, 6.45) is 4.22. The average molecular weight is 377 g/mol. The Hall–Kier alpha value is -3.08. The summed E-state index contributed by atoms with van der Waals surface area (Å²) in [6, 6.07) is 13.7. The third kappa shape index (κ3) is 4.25. The molecule has 0 saturated carbocycles. The molecule has 146 valence electrons. The lowest BCUT2D eigenvalue weighted by Gasteiger charge is -2.40. The molecule has 0 bridgehead atoms. The highest BCUT2D eigenvalue weighted by molar-refractivity contribution is 5.88. The molecule has 5 nitrogen and oxygen atoms in total. The number of hydrazone groups is 1. The number of hydrogen-bond donors (Lipinski definition) is 1. The predicted molar refractivity (Wildman–Crippen MR) is 115 cm³/mol. The van der Waals surface area contributed by atoms with Gasteiger partial charge in [-0.25, -0.2) is 5.43 Å². The number of ether oxygens (including phenoxy) is 1. The third-order valence-electron chi connectivity index (χ3n) is 5.17. The summed E-state index contributed by atoms with van der Waals surface area (Å²) in [7, 11) is 3.72. The van der Waals surface area contributed by atoms with Crippen LogP contribution in [0.4, 0.5) is 5.69 Å². The van der Waals surface area contributed by atoms with Crippen molar-refractivity contribution >= 4 is 23.4 Å². The predicted octanol–water partition coefficient (Wildman–Crippen LogP) is 4.02. The minimum atomic E-state index is -0.156. The highest BCUT2D eigenvalue weighted by Crippen LogP contribution is 2.37. The van der Waals surface area contributed by atoms with Gasteiger partial charge in [0.15, 0.2) is 0 Å². The second-order valence-electron chi connectivity index (χ2n) is 7.63. The summed E-state index contributed by atoms with van der Waals surface area (Å²) >= 11 is 0. The van der Waals surface area contributed by atoms with Crippen molar-refractivity contribution in [2.45, 2.75) is 32.7 Å². The van der Waals surface area contributed by atoms with Gasteiger partial charge in [-0.15, -0.1) is 0 Å². The molecule has 0 saturated heterocycles. The molecule has 0 atom stereocenters. The number of likely N-dealkylation sites (N-methyl/N-ethyl adjacent to an activating group) is 1. The number of anilines is 1. The molecular weight excluding hydrogens is 350 g/mol. The maximum absolute atomic E-state index is 12.1. The molecule has 28 heavy (non-hydrogen) atoms. The number of allylic oxidation sites excluding steroid dienone is 1. The van der Waals surface area contributed by atoms with Crippen molar-refractivity contribution < 1.29 is 9.53 Å². The minimum absolute atomic E-state index is 0.0118. The van der Waals surface area contributed by atoms with E-state index in [1.807, 2.05) is 30.3 Å². The molecule has 0 radical (unpaired) electrons. The summed E-state index contributed by atoms with van der Waals surface area (Å²) in [4.78, 5) is 14.4. The van der Waals surface area contributed by atoms with Crippen molar-refractivity contribution in [2.24, 2.45) is 5.10 Å². The fourth-order valence-electron chi connectivity index (χ4n) is 3.40. The van der Waals surface area contributed by atoms with Crippen molar-refractivity contribution in [3.05, 3.63) is 65.2 Å². The number of amides is 1. The van der Waals surface area contributed by atoms with E-state index in [4.69, 9.17) is 4.74 Å². The molecule has 0 fully saturated rings. The van der Waals surface area contributed by atoms with E-state index in [-0.39, 0.29) is 17.9 Å². The molecule has 1 aliphatic rings. The second kappa shape index (κ2) is 7.89. The van der Waals surface area contributed by atoms with Crippen molar-refractivity contribution in [1.82, 2.24) is 5.43 Å². The normalized spacial score (nSPS) is 15.2. The Morgan fingerprint density at radius 1 is 1.21 bits per heavy atom. The first-order chi connectivity index (χ1) is 13.3. The molecular formula is C23H27N3O2. The van der Waals surface area contributed by atoms with Gasteiger partial charge in [-0.05, 0) is 61.7 Å². The number of rotatable bonds is 5. The first-order valence-electron chi connectivity index (χ1n) is 9.33. The van der Waals surface area contributed by atoms with Crippen LogP contribution in [0.1, 0.15) is 37.5 Å². The molecule has 0 spiro atoms. The molecule has 1 N–H and O–H groups in total. The highest BCUT2D eigenvalue weighted by atomic mass is 16.5. The Labute approximate surface area is 166 Å². The van der Waals surface area contributed by atoms with Crippen LogP contribution in [0.2, 0.25) is 0 Å². The molecule has 2 aromatic carbocycles. The van der Waals surface area contributed by atoms with Gasteiger partial charge >= 0.3 is 0 Å². The van der Waals surface area contributed by atoms with Crippen molar-refractivity contribution in [3.8, 4) is 5.75 Å². The molecule has 1 aliphatic heterocycles. The summed E-state index contributed by atoms with van der Waals surface area (Å²) in [5, 5.41) is 4.11. The number of fused-ring (bicyclic) bond motifs is 1. The fourth-order valence-corrected chi connectivity index (χ4v) is 3.40. The van der Waals surface area contributed by atoms with E-state index in [2.05, 4.69) is 61.5 Å². The van der Waals surface area contributed by atoms with Gasteiger partial charge in [0.25, 0.3) is 0 Å². The zero-order chi connectivity index (χ0) is 20.3. The zero-order valence-corrected chi connectivity index (χ0v) is 17.1. The van der Waals surface area contributed by atoms with Crippen molar-refractivity contribution in [2.75, 3.05) is 19.1 Å². The second-order valence-corrected chi connectivity index (χ2v) is 7.63. The molecule has 2 aromatic rings. The Morgan fingerprint density at radius 3 is 2.61 bits per heavy atom. The van der Waals surface area contributed by atoms with E-state index >= 15 is 0 Å². The van der Waals surface area contributed by atoms with Crippen LogP contribution in [-0.4, -0.2) is 31.8 Å². The molecule has 0 aliphatic carbocycles. The Bertz CT molecular complexity index is 927. The van der Waals surface area contributed by atoms with E-state index in [0.717, 1.165) is 16.9 Å². The molecule has 0 unspecified atom stereocenters. The number of carbonyl (C=O) groups excluding carboxylic acids is 1. The third-order valence-corrected chi connectivity index (χ3v) is 5.17. The smallest absolute Gasteiger partial charge is 0.244 e. The van der Waals surface area contributed by atoms with Crippen LogP contribution in [0.5, 0.6) is 5.75 Å². The van der Waals surface area contributed by atoms with Gasteiger partial charge in [0.05, 0.1) is 25.3 Å². The Kier molecular flexibility index (Phi) is 5.54. The van der Waals surface area contributed by atoms with E-state index in [1.54, 1.807) is 13.3 Å². The maximum atomic E-state index is 12.1. The molecule has 5 heteroatoms. The fraction of sp³-hybridized carbons (Fsp3) is 0.304. The SMILES string of the molecule is COc1ccc(CC(=O)N/N=C/c2ccc3c(c2)C(C)=CC(C)(C)N3C)cc1. The topological polar surface area (TPSA) is 53.9 Å². The van der Waals surface area contributed by atoms with Gasteiger partial charge in [-0.2, -0.15) is 5.10 Å². The summed E-state index contributed by atoms with van der Waals surface area (Å²) < 4.78 is 5.12. The lowest BCUT2D eigenvalue weighted by molar-refractivity contribution is -0.120. The number of nitrogens with one attached hydrogen (secondary N) is 1. The average Bonchev–Trinajstić information content (AvgIpc) is 2.66. The van der Waals surface area contributed by atoms with E-state index in [9.17, 15) is 4.79 Å². The number of hydrogen-bond acceptors (Lipinski definition) is 4. The zero-order valence-electron chi connectivity index (χ0n) is 17.1. The number of benzene rings is 2. The first kappa shape index (κ1) is 19.7. The lowest BCUT2D eigenvalue weighted by Crippen LogP contribution is -2.42. The summed E-state index contributed by atoms with van der Waals surface area (Å²) in [5.41, 5.74) is 8.08. The lowest BCUT2D eigenvalue weighted by atomic mass is 9.89. The van der Waals surface area contributed by atoms with E-state index < -0.39 is 0 Å². The van der Waals surface area contributed by atoms with Crippen LogP contribution < -0.4 is 15.1 Å². The van der Waals surface area contributed by atoms with Crippen LogP contribution in [0.25, 0.3) is 5.57 Å². The quantitative estimate of drug-likeness (QED) is 0.632. The largest absolute Gasteiger partial charge is 0.497 e. The van der Waals surface area contributed by atoms with Crippen LogP contribution in [-0.2, 0) is 11.2 Å². The molecule has 1 heterocycles. The van der Waals surface area contributed by atoms with Gasteiger partial charge in [0, 0.05) is 18.3 Å². The standard InChI is InChI=1S/C23H27N3O2/c1-16-14-23(2,3)26(4)21-11-8-18(12-20(16)21)15-24-25-22(27)13-17-6-9-19(28-5)10-7-17/h6-12,14-15H,13H2,1-5H3,(H,25,27)/b24-15+. The van der Waals surface area contributed by atoms with Crippen molar-refractivity contribution in [3.63, 3.8) is 0 Å².